The molecule has 0 aliphatic heterocycles. The molecule has 0 aromatic heterocycles. The van der Waals surface area contributed by atoms with E-state index in [0.717, 1.165) is 5.56 Å². The van der Waals surface area contributed by atoms with E-state index in [1.807, 2.05) is 27.7 Å². The fraction of sp³-hybridized carbons (Fsp3) is 0.333. The van der Waals surface area contributed by atoms with E-state index in [9.17, 15) is 14.4 Å². The Bertz CT molecular complexity index is 1060. The molecule has 9 nitrogen and oxygen atoms in total. The number of carbonyl (C=O) groups excluding carboxylic acids is 3. The van der Waals surface area contributed by atoms with Gasteiger partial charge in [-0.15, -0.1) is 0 Å². The van der Waals surface area contributed by atoms with Crippen LogP contribution in [0.3, 0.4) is 0 Å². The molecular formula is C24H29ClN4O5. The van der Waals surface area contributed by atoms with E-state index in [4.69, 9.17) is 21.1 Å². The van der Waals surface area contributed by atoms with Crippen molar-refractivity contribution in [2.45, 2.75) is 27.7 Å². The summed E-state index contributed by atoms with van der Waals surface area (Å²) in [7, 11) is 0. The molecular weight excluding hydrogens is 460 g/mol. The van der Waals surface area contributed by atoms with Crippen molar-refractivity contribution in [1.29, 1.82) is 0 Å². The molecule has 0 aliphatic rings. The Balaban J connectivity index is 1.97. The molecule has 0 heterocycles. The van der Waals surface area contributed by atoms with Crippen LogP contribution in [0.25, 0.3) is 0 Å². The third-order valence-electron chi connectivity index (χ3n) is 4.42. The minimum atomic E-state index is -0.858. The van der Waals surface area contributed by atoms with Crippen molar-refractivity contribution in [2.75, 3.05) is 25.1 Å². The number of nitrogens with zero attached hydrogens (tertiary/aromatic N) is 1. The lowest BCUT2D eigenvalue weighted by Crippen LogP contribution is -2.39. The van der Waals surface area contributed by atoms with Gasteiger partial charge in [0.05, 0.1) is 12.8 Å². The number of benzene rings is 2. The summed E-state index contributed by atoms with van der Waals surface area (Å²) in [5.74, 6) is -0.964. The van der Waals surface area contributed by atoms with Crippen molar-refractivity contribution in [3.05, 3.63) is 52.5 Å². The van der Waals surface area contributed by atoms with E-state index in [1.54, 1.807) is 36.4 Å². The van der Waals surface area contributed by atoms with Crippen LogP contribution in [0.2, 0.25) is 5.02 Å². The van der Waals surface area contributed by atoms with Gasteiger partial charge in [-0.2, -0.15) is 5.10 Å². The van der Waals surface area contributed by atoms with E-state index >= 15 is 0 Å². The molecule has 0 bridgehead atoms. The summed E-state index contributed by atoms with van der Waals surface area (Å²) in [6.07, 6.45) is 1.37. The molecule has 2 aromatic carbocycles. The summed E-state index contributed by atoms with van der Waals surface area (Å²) in [6, 6.07) is 10.2. The second kappa shape index (κ2) is 13.2. The number of carbonyl (C=O) groups is 3. The number of amides is 3. The zero-order valence-electron chi connectivity index (χ0n) is 19.6. The molecule has 0 saturated carbocycles. The van der Waals surface area contributed by atoms with Crippen LogP contribution < -0.4 is 25.5 Å². The molecule has 3 amide bonds. The van der Waals surface area contributed by atoms with Crippen LogP contribution in [0.1, 0.15) is 31.9 Å². The number of rotatable bonds is 10. The van der Waals surface area contributed by atoms with Crippen LogP contribution in [-0.2, 0) is 14.4 Å². The highest BCUT2D eigenvalue weighted by Gasteiger charge is 2.13. The van der Waals surface area contributed by atoms with Crippen LogP contribution in [0.4, 0.5) is 5.69 Å². The van der Waals surface area contributed by atoms with Gasteiger partial charge in [0.1, 0.15) is 0 Å². The summed E-state index contributed by atoms with van der Waals surface area (Å²) in [5.41, 5.74) is 4.15. The summed E-state index contributed by atoms with van der Waals surface area (Å²) in [4.78, 5) is 35.8. The lowest BCUT2D eigenvalue weighted by atomic mass is 10.2. The molecule has 2 rings (SSSR count). The maximum Gasteiger partial charge on any atom is 0.329 e. The molecule has 0 unspecified atom stereocenters. The van der Waals surface area contributed by atoms with Gasteiger partial charge >= 0.3 is 11.8 Å². The minimum Gasteiger partial charge on any atom is -0.490 e. The first-order valence-electron chi connectivity index (χ1n) is 10.8. The van der Waals surface area contributed by atoms with Crippen LogP contribution in [0.15, 0.2) is 41.5 Å². The van der Waals surface area contributed by atoms with Crippen molar-refractivity contribution < 1.29 is 23.9 Å². The number of hydrazone groups is 1. The Kier molecular flexibility index (Phi) is 10.3. The summed E-state index contributed by atoms with van der Waals surface area (Å²) in [6.45, 7) is 8.01. The van der Waals surface area contributed by atoms with Gasteiger partial charge in [-0.1, -0.05) is 31.5 Å². The summed E-state index contributed by atoms with van der Waals surface area (Å²) in [5, 5.41) is 9.63. The van der Waals surface area contributed by atoms with Crippen molar-refractivity contribution >= 4 is 41.2 Å². The number of anilines is 1. The first kappa shape index (κ1) is 26.7. The van der Waals surface area contributed by atoms with E-state index in [2.05, 4.69) is 21.2 Å². The molecule has 0 spiro atoms. The number of hydrogen-bond acceptors (Lipinski definition) is 6. The van der Waals surface area contributed by atoms with E-state index in [1.165, 1.54) is 6.21 Å². The molecule has 0 radical (unpaired) electrons. The normalized spacial score (nSPS) is 10.8. The summed E-state index contributed by atoms with van der Waals surface area (Å²) < 4.78 is 11.2. The van der Waals surface area contributed by atoms with Crippen LogP contribution >= 0.6 is 11.6 Å². The van der Waals surface area contributed by atoms with Crippen molar-refractivity contribution in [3.63, 3.8) is 0 Å². The highest BCUT2D eigenvalue weighted by Crippen LogP contribution is 2.28. The first-order chi connectivity index (χ1) is 16.2. The second-order valence-electron chi connectivity index (χ2n) is 7.69. The fourth-order valence-corrected chi connectivity index (χ4v) is 2.83. The molecule has 2 aromatic rings. The molecule has 10 heteroatoms. The minimum absolute atomic E-state index is 0.227. The van der Waals surface area contributed by atoms with Gasteiger partial charge in [0, 0.05) is 17.3 Å². The van der Waals surface area contributed by atoms with Crippen molar-refractivity contribution in [1.82, 2.24) is 10.7 Å². The standard InChI is InChI=1S/C24H29ClN4O5/c1-5-33-21-11-17(13-27-29-24(32)23(31)26-12-15(2)3)9-10-20(21)34-14-22(30)28-19-8-6-7-18(25)16(19)4/h6-11,13,15H,5,12,14H2,1-4H3,(H,26,31)(H,28,30)(H,29,32)/b27-13-. The third-order valence-corrected chi connectivity index (χ3v) is 4.83. The van der Waals surface area contributed by atoms with Crippen molar-refractivity contribution in [3.8, 4) is 11.5 Å². The van der Waals surface area contributed by atoms with E-state index in [0.29, 0.717) is 40.9 Å². The smallest absolute Gasteiger partial charge is 0.329 e. The molecule has 0 saturated heterocycles. The van der Waals surface area contributed by atoms with Gasteiger partial charge < -0.3 is 20.1 Å². The highest BCUT2D eigenvalue weighted by atomic mass is 35.5. The van der Waals surface area contributed by atoms with Crippen LogP contribution in [0.5, 0.6) is 11.5 Å². The zero-order valence-corrected chi connectivity index (χ0v) is 20.4. The van der Waals surface area contributed by atoms with Gasteiger partial charge in [0.25, 0.3) is 5.91 Å². The molecule has 34 heavy (non-hydrogen) atoms. The largest absolute Gasteiger partial charge is 0.490 e. The topological polar surface area (TPSA) is 118 Å². The lowest BCUT2D eigenvalue weighted by Gasteiger charge is -2.13. The van der Waals surface area contributed by atoms with Crippen LogP contribution in [-0.4, -0.2) is 43.7 Å². The lowest BCUT2D eigenvalue weighted by molar-refractivity contribution is -0.139. The first-order valence-corrected chi connectivity index (χ1v) is 11.1. The Morgan fingerprint density at radius 2 is 1.85 bits per heavy atom. The Morgan fingerprint density at radius 3 is 2.56 bits per heavy atom. The van der Waals surface area contributed by atoms with Gasteiger partial charge in [-0.25, -0.2) is 5.43 Å². The quantitative estimate of drug-likeness (QED) is 0.269. The van der Waals surface area contributed by atoms with E-state index < -0.39 is 11.8 Å². The zero-order chi connectivity index (χ0) is 25.1. The van der Waals surface area contributed by atoms with E-state index in [-0.39, 0.29) is 18.4 Å². The third kappa shape index (κ3) is 8.40. The average molecular weight is 489 g/mol. The maximum absolute atomic E-state index is 12.3. The predicted molar refractivity (Wildman–Crippen MR) is 132 cm³/mol. The molecule has 3 N–H and O–H groups in total. The Labute approximate surface area is 203 Å². The number of hydrogen-bond donors (Lipinski definition) is 3. The van der Waals surface area contributed by atoms with Gasteiger partial charge in [-0.3, -0.25) is 14.4 Å². The Morgan fingerprint density at radius 1 is 1.09 bits per heavy atom. The van der Waals surface area contributed by atoms with Gasteiger partial charge in [0.15, 0.2) is 18.1 Å². The molecule has 0 atom stereocenters. The van der Waals surface area contributed by atoms with Gasteiger partial charge in [0.2, 0.25) is 0 Å². The highest BCUT2D eigenvalue weighted by molar-refractivity contribution is 6.35. The van der Waals surface area contributed by atoms with Crippen molar-refractivity contribution in [2.24, 2.45) is 11.0 Å². The fourth-order valence-electron chi connectivity index (χ4n) is 2.66. The van der Waals surface area contributed by atoms with Crippen LogP contribution in [0, 0.1) is 12.8 Å². The Hall–Kier alpha value is -3.59. The number of nitrogens with one attached hydrogen (secondary N) is 3. The SMILES string of the molecule is CCOc1cc(/C=N\NC(=O)C(=O)NCC(C)C)ccc1OCC(=O)Nc1cccc(Cl)c1C. The predicted octanol–water partition coefficient (Wildman–Crippen LogP) is 3.29. The number of halogens is 1. The average Bonchev–Trinajstić information content (AvgIpc) is 2.80. The molecule has 0 aliphatic carbocycles. The number of ether oxygens (including phenoxy) is 2. The maximum atomic E-state index is 12.3. The second-order valence-corrected chi connectivity index (χ2v) is 8.10. The monoisotopic (exact) mass is 488 g/mol. The van der Waals surface area contributed by atoms with Gasteiger partial charge in [-0.05, 0) is 61.2 Å². The molecule has 0 fully saturated rings. The molecule has 182 valence electrons. The summed E-state index contributed by atoms with van der Waals surface area (Å²) >= 11 is 6.08.